The van der Waals surface area contributed by atoms with Crippen LogP contribution < -0.4 is 5.73 Å². The molecule has 1 aromatic heterocycles. The molecule has 1 heterocycles. The molecule has 0 aliphatic rings. The maximum atomic E-state index is 11.0. The molecule has 1 amide bonds. The van der Waals surface area contributed by atoms with Crippen LogP contribution in [0.2, 0.25) is 0 Å². The first-order valence-corrected chi connectivity index (χ1v) is 4.28. The van der Waals surface area contributed by atoms with Gasteiger partial charge in [-0.15, -0.1) is 0 Å². The Balaban J connectivity index is 2.64. The van der Waals surface area contributed by atoms with Crippen LogP contribution in [0.1, 0.15) is 11.2 Å². The molecule has 0 fully saturated rings. The number of amides is 1. The highest BCUT2D eigenvalue weighted by Gasteiger charge is 2.18. The van der Waals surface area contributed by atoms with E-state index in [1.54, 1.807) is 11.6 Å². The number of nitrogens with zero attached hydrogens (tertiary/aromatic N) is 1. The molecule has 4 nitrogen and oxygen atoms in total. The number of hydrogen-bond donors (Lipinski definition) is 1. The second-order valence-electron chi connectivity index (χ2n) is 1.93. The van der Waals surface area contributed by atoms with Gasteiger partial charge in [0.1, 0.15) is 6.42 Å². The van der Waals surface area contributed by atoms with Crippen molar-refractivity contribution in [1.82, 2.24) is 4.98 Å². The highest BCUT2D eigenvalue weighted by Crippen LogP contribution is 2.16. The minimum Gasteiger partial charge on any atom is -0.369 e. The van der Waals surface area contributed by atoms with Gasteiger partial charge < -0.3 is 5.73 Å². The summed E-state index contributed by atoms with van der Waals surface area (Å²) in [4.78, 5) is 25.1. The lowest BCUT2D eigenvalue weighted by Gasteiger charge is -1.82. The summed E-state index contributed by atoms with van der Waals surface area (Å²) >= 11 is 0. The molecule has 11 heavy (non-hydrogen) atoms. The lowest BCUT2D eigenvalue weighted by molar-refractivity contribution is -0.117. The van der Waals surface area contributed by atoms with E-state index in [0.29, 0.717) is 0 Å². The van der Waals surface area contributed by atoms with Crippen molar-refractivity contribution in [2.24, 2.45) is 5.73 Å². The van der Waals surface area contributed by atoms with Crippen molar-refractivity contribution >= 4 is 21.5 Å². The summed E-state index contributed by atoms with van der Waals surface area (Å²) in [5.41, 5.74) is 6.36. The van der Waals surface area contributed by atoms with Crippen LogP contribution in [-0.2, 0) is 4.79 Å². The van der Waals surface area contributed by atoms with Gasteiger partial charge in [0, 0.05) is 0 Å². The number of rotatable bonds is 3. The number of hydrogen-bond acceptors (Lipinski definition) is 3. The average molecular weight is 171 g/mol. The lowest BCUT2D eigenvalue weighted by Crippen LogP contribution is -2.13. The van der Waals surface area contributed by atoms with E-state index in [1.165, 1.54) is 5.51 Å². The van der Waals surface area contributed by atoms with Gasteiger partial charge in [0.15, 0.2) is 5.38 Å². The number of carbonyl (C=O) groups is 2. The summed E-state index contributed by atoms with van der Waals surface area (Å²) in [5.74, 6) is -0.587. The zero-order chi connectivity index (χ0) is 8.27. The molecule has 0 spiro atoms. The fraction of sp³-hybridized carbons (Fsp3) is 0.167. The van der Waals surface area contributed by atoms with E-state index in [4.69, 9.17) is 5.73 Å². The second kappa shape index (κ2) is 3.25. The molecule has 0 aliphatic carbocycles. The van der Waals surface area contributed by atoms with Crippen LogP contribution in [-0.4, -0.2) is 16.0 Å². The molecule has 0 radical (unpaired) electrons. The van der Waals surface area contributed by atoms with Crippen molar-refractivity contribution < 1.29 is 9.59 Å². The van der Waals surface area contributed by atoms with Gasteiger partial charge in [0.05, 0.1) is 16.7 Å². The first kappa shape index (κ1) is 7.87. The van der Waals surface area contributed by atoms with Gasteiger partial charge in [0.25, 0.3) is 0 Å². The third-order valence-corrected chi connectivity index (χ3v) is 2.48. The molecule has 1 aromatic rings. The summed E-state index contributed by atoms with van der Waals surface area (Å²) < 4.78 is 0. The smallest absolute Gasteiger partial charge is 0.366 e. The van der Waals surface area contributed by atoms with E-state index in [-0.39, 0.29) is 11.5 Å². The highest BCUT2D eigenvalue weighted by molar-refractivity contribution is 7.49. The second-order valence-corrected chi connectivity index (χ2v) is 3.61. The Hall–Kier alpha value is -1.23. The molecule has 58 valence electrons. The maximum absolute atomic E-state index is 11.0. The Kier molecular flexibility index (Phi) is 2.32. The van der Waals surface area contributed by atoms with E-state index in [9.17, 15) is 9.59 Å². The number of carbonyl (C=O) groups excluding carboxylic acids is 2. The van der Waals surface area contributed by atoms with E-state index in [1.807, 2.05) is 0 Å². The molecule has 1 rings (SSSR count). The van der Waals surface area contributed by atoms with E-state index in [2.05, 4.69) is 4.98 Å². The fourth-order valence-corrected chi connectivity index (χ4v) is 1.65. The van der Waals surface area contributed by atoms with Gasteiger partial charge in [0.2, 0.25) is 11.4 Å². The molecule has 0 aromatic carbocycles. The largest absolute Gasteiger partial charge is 0.369 e. The summed E-state index contributed by atoms with van der Waals surface area (Å²) in [5, 5.41) is 1.49. The Morgan fingerprint density at radius 2 is 2.27 bits per heavy atom. The number of primary amides is 1. The van der Waals surface area contributed by atoms with Crippen LogP contribution in [0.25, 0.3) is 0 Å². The zero-order valence-corrected chi connectivity index (χ0v) is 6.50. The monoisotopic (exact) mass is 171 g/mol. The van der Waals surface area contributed by atoms with Crippen LogP contribution >= 0.6 is 10.5 Å². The van der Waals surface area contributed by atoms with Crippen LogP contribution in [0.15, 0.2) is 17.1 Å². The molecule has 1 unspecified atom stereocenters. The fourth-order valence-electron chi connectivity index (χ4n) is 0.597. The Bertz CT molecular complexity index is 268. The van der Waals surface area contributed by atoms with Crippen LogP contribution in [0.4, 0.5) is 0 Å². The first-order valence-electron chi connectivity index (χ1n) is 2.93. The van der Waals surface area contributed by atoms with Gasteiger partial charge in [-0.3, -0.25) is 4.79 Å². The van der Waals surface area contributed by atoms with Crippen molar-refractivity contribution in [1.29, 1.82) is 0 Å². The Morgan fingerprint density at radius 1 is 1.55 bits per heavy atom. The third kappa shape index (κ3) is 2.12. The van der Waals surface area contributed by atoms with Gasteiger partial charge in [-0.05, 0) is 0 Å². The molecule has 2 N–H and O–H groups in total. The maximum Gasteiger partial charge on any atom is 0.366 e. The van der Waals surface area contributed by atoms with Gasteiger partial charge in [-0.1, -0.05) is 0 Å². The van der Waals surface area contributed by atoms with Crippen molar-refractivity contribution in [3.05, 3.63) is 17.1 Å². The SMILES string of the molecule is NC(=O)CC(=O)[s+]1ccnc1. The molecular weight excluding hydrogens is 164 g/mol. The van der Waals surface area contributed by atoms with Crippen molar-refractivity contribution in [2.75, 3.05) is 0 Å². The van der Waals surface area contributed by atoms with Crippen LogP contribution in [0.5, 0.6) is 0 Å². The average Bonchev–Trinajstić information content (AvgIpc) is 2.35. The standard InChI is InChI=1S/C6H6N2O2S/c7-5(9)3-6(10)11-2-1-8-4-11/h1-2,4H,3H2,(H-,7,9)/p+1. The molecule has 0 bridgehead atoms. The molecular formula is C6H7N2O2S+. The first-order chi connectivity index (χ1) is 5.20. The van der Waals surface area contributed by atoms with Gasteiger partial charge in [-0.25, -0.2) is 9.78 Å². The van der Waals surface area contributed by atoms with E-state index >= 15 is 0 Å². The third-order valence-electron chi connectivity index (χ3n) is 1.05. The summed E-state index contributed by atoms with van der Waals surface area (Å²) in [7, 11) is -0.605. The minimum absolute atomic E-state index is 0.171. The zero-order valence-electron chi connectivity index (χ0n) is 5.69. The normalized spacial score (nSPS) is 11.1. The number of thiazole rings is 1. The quantitative estimate of drug-likeness (QED) is 0.526. The topological polar surface area (TPSA) is 73.1 Å². The summed E-state index contributed by atoms with van der Waals surface area (Å²) in [6.07, 6.45) is 1.35. The van der Waals surface area contributed by atoms with Crippen molar-refractivity contribution in [2.45, 2.75) is 6.42 Å². The molecule has 1 atom stereocenters. The molecule has 5 heteroatoms. The van der Waals surface area contributed by atoms with Crippen LogP contribution in [0.3, 0.4) is 0 Å². The molecule has 0 saturated carbocycles. The van der Waals surface area contributed by atoms with Gasteiger partial charge in [-0.2, -0.15) is 0 Å². The predicted molar refractivity (Wildman–Crippen MR) is 41.2 cm³/mol. The Morgan fingerprint density at radius 3 is 2.73 bits per heavy atom. The van der Waals surface area contributed by atoms with E-state index in [0.717, 1.165) is 0 Å². The van der Waals surface area contributed by atoms with Crippen molar-refractivity contribution in [3.63, 3.8) is 0 Å². The summed E-state index contributed by atoms with van der Waals surface area (Å²) in [6.45, 7) is 0. The predicted octanol–water partition coefficient (Wildman–Crippen LogP) is 0.346. The van der Waals surface area contributed by atoms with Gasteiger partial charge >= 0.3 is 5.12 Å². The molecule has 0 aliphatic heterocycles. The van der Waals surface area contributed by atoms with Crippen LogP contribution in [0, 0.1) is 0 Å². The lowest BCUT2D eigenvalue weighted by atomic mass is 10.5. The minimum atomic E-state index is -0.605. The number of nitrogens with two attached hydrogens (primary N) is 1. The van der Waals surface area contributed by atoms with E-state index < -0.39 is 16.4 Å². The summed E-state index contributed by atoms with van der Waals surface area (Å²) in [6, 6.07) is 0. The number of aromatic nitrogens is 1. The molecule has 0 saturated heterocycles. The highest BCUT2D eigenvalue weighted by atomic mass is 32.2. The van der Waals surface area contributed by atoms with Crippen molar-refractivity contribution in [3.8, 4) is 0 Å². The Labute approximate surface area is 66.0 Å².